The van der Waals surface area contributed by atoms with Crippen LogP contribution in [0.2, 0.25) is 0 Å². The molecule has 10 heteroatoms. The molecular formula is C16H22F3IN6. The minimum absolute atomic E-state index is 0. The van der Waals surface area contributed by atoms with Crippen molar-refractivity contribution in [3.05, 3.63) is 48.0 Å². The molecule has 0 aliphatic carbocycles. The van der Waals surface area contributed by atoms with Crippen molar-refractivity contribution in [3.63, 3.8) is 0 Å². The standard InChI is InChI=1S/C16H21F3N6.HI/c1-20-15(21-7-2-3-8-25-11-23-24-12-25)22-10-13-5-4-6-14(9-13)16(17,18)19;/h4-6,9,11-12H,2-3,7-8,10H2,1H3,(H2,20,21,22);1H. The summed E-state index contributed by atoms with van der Waals surface area (Å²) in [6.07, 6.45) is 0.880. The number of unbranched alkanes of at least 4 members (excludes halogenated alkanes) is 1. The maximum absolute atomic E-state index is 12.7. The molecule has 144 valence electrons. The first-order valence-electron chi connectivity index (χ1n) is 7.92. The fourth-order valence-corrected chi connectivity index (χ4v) is 2.23. The van der Waals surface area contributed by atoms with Gasteiger partial charge in [-0.25, -0.2) is 0 Å². The Morgan fingerprint density at radius 2 is 1.88 bits per heavy atom. The lowest BCUT2D eigenvalue weighted by Crippen LogP contribution is -2.37. The molecule has 2 aromatic rings. The van der Waals surface area contributed by atoms with E-state index in [0.29, 0.717) is 18.1 Å². The summed E-state index contributed by atoms with van der Waals surface area (Å²) in [7, 11) is 1.62. The monoisotopic (exact) mass is 482 g/mol. The Kier molecular flexibility index (Phi) is 9.38. The number of rotatable bonds is 7. The molecule has 0 saturated heterocycles. The highest BCUT2D eigenvalue weighted by atomic mass is 127. The quantitative estimate of drug-likeness (QED) is 0.276. The summed E-state index contributed by atoms with van der Waals surface area (Å²) in [6, 6.07) is 5.25. The minimum Gasteiger partial charge on any atom is -0.356 e. The largest absolute Gasteiger partial charge is 0.416 e. The number of guanidine groups is 1. The number of hydrogen-bond acceptors (Lipinski definition) is 3. The third-order valence-electron chi connectivity index (χ3n) is 3.54. The van der Waals surface area contributed by atoms with E-state index in [1.807, 2.05) is 4.57 Å². The smallest absolute Gasteiger partial charge is 0.356 e. The van der Waals surface area contributed by atoms with Gasteiger partial charge in [-0.05, 0) is 30.5 Å². The third-order valence-corrected chi connectivity index (χ3v) is 3.54. The molecule has 0 atom stereocenters. The summed E-state index contributed by atoms with van der Waals surface area (Å²) >= 11 is 0. The minimum atomic E-state index is -4.33. The van der Waals surface area contributed by atoms with Crippen LogP contribution in [0.15, 0.2) is 41.9 Å². The van der Waals surface area contributed by atoms with Gasteiger partial charge in [-0.15, -0.1) is 34.2 Å². The van der Waals surface area contributed by atoms with Crippen LogP contribution in [-0.2, 0) is 19.3 Å². The highest BCUT2D eigenvalue weighted by molar-refractivity contribution is 14.0. The van der Waals surface area contributed by atoms with Crippen molar-refractivity contribution in [1.29, 1.82) is 0 Å². The number of nitrogens with zero attached hydrogens (tertiary/aromatic N) is 4. The van der Waals surface area contributed by atoms with E-state index in [2.05, 4.69) is 25.8 Å². The Morgan fingerprint density at radius 3 is 2.54 bits per heavy atom. The summed E-state index contributed by atoms with van der Waals surface area (Å²) in [5, 5.41) is 13.6. The lowest BCUT2D eigenvalue weighted by atomic mass is 10.1. The molecule has 0 spiro atoms. The SMILES string of the molecule is CN=C(NCCCCn1cnnc1)NCc1cccc(C(F)(F)F)c1.I. The molecule has 0 saturated carbocycles. The zero-order chi connectivity index (χ0) is 18.1. The molecule has 0 radical (unpaired) electrons. The fraction of sp³-hybridized carbons (Fsp3) is 0.438. The number of halogens is 4. The van der Waals surface area contributed by atoms with E-state index in [1.54, 1.807) is 25.8 Å². The molecule has 0 fully saturated rings. The van der Waals surface area contributed by atoms with Crippen LogP contribution in [0.25, 0.3) is 0 Å². The topological polar surface area (TPSA) is 67.1 Å². The maximum Gasteiger partial charge on any atom is 0.416 e. The number of alkyl halides is 3. The van der Waals surface area contributed by atoms with Gasteiger partial charge in [0.2, 0.25) is 0 Å². The Bertz CT molecular complexity index is 673. The molecule has 26 heavy (non-hydrogen) atoms. The second-order valence-corrected chi connectivity index (χ2v) is 5.46. The van der Waals surface area contributed by atoms with Gasteiger partial charge in [-0.2, -0.15) is 13.2 Å². The van der Waals surface area contributed by atoms with Crippen molar-refractivity contribution >= 4 is 29.9 Å². The molecule has 0 unspecified atom stereocenters. The highest BCUT2D eigenvalue weighted by Gasteiger charge is 2.30. The van der Waals surface area contributed by atoms with E-state index in [4.69, 9.17) is 0 Å². The van der Waals surface area contributed by atoms with E-state index in [-0.39, 0.29) is 30.5 Å². The number of aryl methyl sites for hydroxylation is 1. The first-order valence-corrected chi connectivity index (χ1v) is 7.92. The summed E-state index contributed by atoms with van der Waals surface area (Å²) in [5.74, 6) is 0.557. The van der Waals surface area contributed by atoms with E-state index >= 15 is 0 Å². The summed E-state index contributed by atoms with van der Waals surface area (Å²) in [5.41, 5.74) is -0.103. The lowest BCUT2D eigenvalue weighted by molar-refractivity contribution is -0.137. The van der Waals surface area contributed by atoms with E-state index < -0.39 is 11.7 Å². The van der Waals surface area contributed by atoms with Crippen molar-refractivity contribution < 1.29 is 13.2 Å². The van der Waals surface area contributed by atoms with Gasteiger partial charge in [-0.1, -0.05) is 12.1 Å². The zero-order valence-electron chi connectivity index (χ0n) is 14.3. The molecule has 0 aliphatic rings. The third kappa shape index (κ3) is 7.58. The van der Waals surface area contributed by atoms with Crippen LogP contribution < -0.4 is 10.6 Å². The molecule has 1 heterocycles. The second-order valence-electron chi connectivity index (χ2n) is 5.46. The molecular weight excluding hydrogens is 460 g/mol. The van der Waals surface area contributed by atoms with Crippen molar-refractivity contribution in [1.82, 2.24) is 25.4 Å². The van der Waals surface area contributed by atoms with Gasteiger partial charge >= 0.3 is 6.18 Å². The fourth-order valence-electron chi connectivity index (χ4n) is 2.23. The van der Waals surface area contributed by atoms with E-state index in [0.717, 1.165) is 31.5 Å². The van der Waals surface area contributed by atoms with Gasteiger partial charge in [0.15, 0.2) is 5.96 Å². The predicted molar refractivity (Wildman–Crippen MR) is 104 cm³/mol. The number of aromatic nitrogens is 3. The van der Waals surface area contributed by atoms with Gasteiger partial charge in [0, 0.05) is 26.7 Å². The lowest BCUT2D eigenvalue weighted by Gasteiger charge is -2.13. The first-order chi connectivity index (χ1) is 12.0. The van der Waals surface area contributed by atoms with Crippen LogP contribution in [-0.4, -0.2) is 34.3 Å². The van der Waals surface area contributed by atoms with Gasteiger partial charge in [0.25, 0.3) is 0 Å². The number of benzene rings is 1. The second kappa shape index (κ2) is 11.0. The molecule has 0 bridgehead atoms. The van der Waals surface area contributed by atoms with Gasteiger partial charge in [0.1, 0.15) is 12.7 Å². The number of aliphatic imine (C=N–C) groups is 1. The number of nitrogens with one attached hydrogen (secondary N) is 2. The molecule has 1 aromatic carbocycles. The van der Waals surface area contributed by atoms with Crippen LogP contribution in [0.5, 0.6) is 0 Å². The van der Waals surface area contributed by atoms with Crippen LogP contribution in [0.1, 0.15) is 24.0 Å². The van der Waals surface area contributed by atoms with Crippen LogP contribution >= 0.6 is 24.0 Å². The van der Waals surface area contributed by atoms with Crippen molar-refractivity contribution in [2.75, 3.05) is 13.6 Å². The molecule has 1 aromatic heterocycles. The highest BCUT2D eigenvalue weighted by Crippen LogP contribution is 2.29. The Labute approximate surface area is 167 Å². The average Bonchev–Trinajstić information content (AvgIpc) is 3.10. The summed E-state index contributed by atoms with van der Waals surface area (Å²) < 4.78 is 40.0. The molecule has 6 nitrogen and oxygen atoms in total. The van der Waals surface area contributed by atoms with Crippen molar-refractivity contribution in [3.8, 4) is 0 Å². The predicted octanol–water partition coefficient (Wildman–Crippen LogP) is 3.06. The zero-order valence-corrected chi connectivity index (χ0v) is 16.7. The van der Waals surface area contributed by atoms with Gasteiger partial charge in [0.05, 0.1) is 5.56 Å². The van der Waals surface area contributed by atoms with Crippen molar-refractivity contribution in [2.24, 2.45) is 4.99 Å². The molecule has 0 aliphatic heterocycles. The number of hydrogen-bond donors (Lipinski definition) is 2. The maximum atomic E-state index is 12.7. The Morgan fingerprint density at radius 1 is 1.15 bits per heavy atom. The van der Waals surface area contributed by atoms with Crippen LogP contribution in [0.3, 0.4) is 0 Å². The molecule has 0 amide bonds. The molecule has 2 rings (SSSR count). The summed E-state index contributed by atoms with van der Waals surface area (Å²) in [4.78, 5) is 4.07. The van der Waals surface area contributed by atoms with Gasteiger partial charge < -0.3 is 15.2 Å². The van der Waals surface area contributed by atoms with Crippen molar-refractivity contribution in [2.45, 2.75) is 32.1 Å². The van der Waals surface area contributed by atoms with E-state index in [1.165, 1.54) is 6.07 Å². The molecule has 2 N–H and O–H groups in total. The average molecular weight is 482 g/mol. The Balaban J connectivity index is 0.00000338. The van der Waals surface area contributed by atoms with Gasteiger partial charge in [-0.3, -0.25) is 4.99 Å². The van der Waals surface area contributed by atoms with Crippen LogP contribution in [0.4, 0.5) is 13.2 Å². The normalized spacial score (nSPS) is 11.8. The Hall–Kier alpha value is -1.85. The van der Waals surface area contributed by atoms with Crippen LogP contribution in [0, 0.1) is 0 Å². The first kappa shape index (κ1) is 22.2. The van der Waals surface area contributed by atoms with E-state index in [9.17, 15) is 13.2 Å². The summed E-state index contributed by atoms with van der Waals surface area (Å²) in [6.45, 7) is 1.82.